The van der Waals surface area contributed by atoms with Gasteiger partial charge in [-0.2, -0.15) is 0 Å². The Morgan fingerprint density at radius 2 is 2.05 bits per heavy atom. The van der Waals surface area contributed by atoms with Crippen molar-refractivity contribution in [3.8, 4) is 0 Å². The summed E-state index contributed by atoms with van der Waals surface area (Å²) < 4.78 is 10.3. The molecule has 0 bridgehead atoms. The fourth-order valence-electron chi connectivity index (χ4n) is 2.70. The van der Waals surface area contributed by atoms with Gasteiger partial charge in [0.25, 0.3) is 0 Å². The largest absolute Gasteiger partial charge is 0.444 e. The van der Waals surface area contributed by atoms with Crippen molar-refractivity contribution < 1.29 is 19.1 Å². The highest BCUT2D eigenvalue weighted by Gasteiger charge is 2.40. The Morgan fingerprint density at radius 1 is 1.29 bits per heavy atom. The van der Waals surface area contributed by atoms with Crippen LogP contribution in [0.2, 0.25) is 0 Å². The molecule has 1 saturated carbocycles. The van der Waals surface area contributed by atoms with Crippen LogP contribution in [0.25, 0.3) is 0 Å². The number of carbonyl (C=O) groups excluding carboxylic acids is 2. The molecule has 2 fully saturated rings. The lowest BCUT2D eigenvalue weighted by atomic mass is 9.81. The predicted octanol–water partition coefficient (Wildman–Crippen LogP) is 2.70. The van der Waals surface area contributed by atoms with Gasteiger partial charge in [-0.15, -0.1) is 0 Å². The minimum atomic E-state index is -0.478. The molecule has 1 aromatic rings. The molecule has 1 aromatic carbocycles. The first-order valence-corrected chi connectivity index (χ1v) is 7.38. The van der Waals surface area contributed by atoms with E-state index in [0.717, 1.165) is 18.4 Å². The van der Waals surface area contributed by atoms with Crippen LogP contribution in [0.5, 0.6) is 0 Å². The smallest absolute Gasteiger partial charge is 0.413 e. The van der Waals surface area contributed by atoms with Crippen LogP contribution in [0.4, 0.5) is 4.79 Å². The second-order valence-corrected chi connectivity index (χ2v) is 5.65. The van der Waals surface area contributed by atoms with E-state index in [4.69, 9.17) is 9.47 Å². The summed E-state index contributed by atoms with van der Waals surface area (Å²) in [6.45, 7) is 0.213. The zero-order valence-corrected chi connectivity index (χ0v) is 11.9. The second kappa shape index (κ2) is 6.16. The highest BCUT2D eigenvalue weighted by Crippen LogP contribution is 2.33. The lowest BCUT2D eigenvalue weighted by Crippen LogP contribution is -2.40. The molecular weight excluding hydrogens is 270 g/mol. The van der Waals surface area contributed by atoms with Crippen molar-refractivity contribution in [3.05, 3.63) is 35.9 Å². The highest BCUT2D eigenvalue weighted by atomic mass is 16.6. The predicted molar refractivity (Wildman–Crippen MR) is 75.2 cm³/mol. The van der Waals surface area contributed by atoms with Crippen molar-refractivity contribution in [2.24, 2.45) is 5.92 Å². The average Bonchev–Trinajstić information content (AvgIpc) is 2.82. The Labute approximate surface area is 123 Å². The molecule has 5 nitrogen and oxygen atoms in total. The van der Waals surface area contributed by atoms with Crippen LogP contribution in [0, 0.1) is 5.92 Å². The van der Waals surface area contributed by atoms with Gasteiger partial charge in [0.15, 0.2) is 6.73 Å². The van der Waals surface area contributed by atoms with E-state index >= 15 is 0 Å². The van der Waals surface area contributed by atoms with E-state index < -0.39 is 12.1 Å². The molecule has 1 aliphatic carbocycles. The summed E-state index contributed by atoms with van der Waals surface area (Å²) in [7, 11) is 0. The molecule has 2 aliphatic rings. The summed E-state index contributed by atoms with van der Waals surface area (Å²) >= 11 is 0. The van der Waals surface area contributed by atoms with Crippen LogP contribution in [0.15, 0.2) is 30.3 Å². The van der Waals surface area contributed by atoms with Gasteiger partial charge in [0.05, 0.1) is 0 Å². The summed E-state index contributed by atoms with van der Waals surface area (Å²) in [6.07, 6.45) is 3.70. The molecule has 0 N–H and O–H groups in total. The Balaban J connectivity index is 1.56. The SMILES string of the molecule is O=C1OCN(C(=O)OCc2ccccc2)C1CC1CCC1. The molecule has 1 aliphatic heterocycles. The maximum Gasteiger partial charge on any atom is 0.413 e. The van der Waals surface area contributed by atoms with E-state index in [-0.39, 0.29) is 19.3 Å². The quantitative estimate of drug-likeness (QED) is 0.800. The zero-order valence-electron chi connectivity index (χ0n) is 11.9. The van der Waals surface area contributed by atoms with Gasteiger partial charge in [0.1, 0.15) is 12.6 Å². The van der Waals surface area contributed by atoms with Crippen molar-refractivity contribution >= 4 is 12.1 Å². The van der Waals surface area contributed by atoms with E-state index in [2.05, 4.69) is 0 Å². The first kappa shape index (κ1) is 13.9. The number of hydrogen-bond donors (Lipinski definition) is 0. The lowest BCUT2D eigenvalue weighted by Gasteiger charge is -2.29. The standard InChI is InChI=1S/C16H19NO4/c18-15-14(9-12-7-4-8-12)17(11-21-15)16(19)20-10-13-5-2-1-3-6-13/h1-3,5-6,12,14H,4,7-11H2. The summed E-state index contributed by atoms with van der Waals surface area (Å²) in [5, 5.41) is 0. The van der Waals surface area contributed by atoms with Crippen LogP contribution in [0.3, 0.4) is 0 Å². The number of hydrogen-bond acceptors (Lipinski definition) is 4. The third-order valence-corrected chi connectivity index (χ3v) is 4.22. The van der Waals surface area contributed by atoms with Crippen molar-refractivity contribution in [2.75, 3.05) is 6.73 Å². The molecule has 21 heavy (non-hydrogen) atoms. The molecule has 0 spiro atoms. The van der Waals surface area contributed by atoms with Gasteiger partial charge in [-0.05, 0) is 17.9 Å². The topological polar surface area (TPSA) is 55.8 Å². The number of esters is 1. The van der Waals surface area contributed by atoms with Gasteiger partial charge in [0, 0.05) is 0 Å². The molecule has 1 amide bonds. The third-order valence-electron chi connectivity index (χ3n) is 4.22. The van der Waals surface area contributed by atoms with Crippen molar-refractivity contribution in [1.29, 1.82) is 0 Å². The number of ether oxygens (including phenoxy) is 2. The first-order chi connectivity index (χ1) is 10.2. The van der Waals surface area contributed by atoms with Gasteiger partial charge in [-0.1, -0.05) is 49.6 Å². The highest BCUT2D eigenvalue weighted by molar-refractivity contribution is 5.83. The summed E-state index contributed by atoms with van der Waals surface area (Å²) in [5.74, 6) is 0.226. The zero-order chi connectivity index (χ0) is 14.7. The second-order valence-electron chi connectivity index (χ2n) is 5.65. The number of amides is 1. The van der Waals surface area contributed by atoms with Crippen LogP contribution in [-0.2, 0) is 20.9 Å². The van der Waals surface area contributed by atoms with Gasteiger partial charge in [0.2, 0.25) is 0 Å². The molecule has 5 heteroatoms. The Kier molecular flexibility index (Phi) is 4.08. The number of rotatable bonds is 4. The normalized spacial score (nSPS) is 21.8. The monoisotopic (exact) mass is 289 g/mol. The van der Waals surface area contributed by atoms with E-state index in [1.54, 1.807) is 0 Å². The fourth-order valence-corrected chi connectivity index (χ4v) is 2.70. The van der Waals surface area contributed by atoms with E-state index in [1.165, 1.54) is 11.3 Å². The molecule has 1 atom stereocenters. The number of nitrogens with zero attached hydrogens (tertiary/aromatic N) is 1. The Morgan fingerprint density at radius 3 is 2.71 bits per heavy atom. The van der Waals surface area contributed by atoms with Crippen LogP contribution in [-0.4, -0.2) is 29.7 Å². The first-order valence-electron chi connectivity index (χ1n) is 7.38. The third kappa shape index (κ3) is 3.17. The van der Waals surface area contributed by atoms with Crippen molar-refractivity contribution in [1.82, 2.24) is 4.90 Å². The fraction of sp³-hybridized carbons (Fsp3) is 0.500. The minimum Gasteiger partial charge on any atom is -0.444 e. The van der Waals surface area contributed by atoms with Crippen LogP contribution < -0.4 is 0 Å². The number of benzene rings is 1. The van der Waals surface area contributed by atoms with E-state index in [0.29, 0.717) is 12.3 Å². The maximum absolute atomic E-state index is 12.1. The van der Waals surface area contributed by atoms with E-state index in [1.807, 2.05) is 30.3 Å². The maximum atomic E-state index is 12.1. The summed E-state index contributed by atoms with van der Waals surface area (Å²) in [5.41, 5.74) is 0.924. The van der Waals surface area contributed by atoms with Crippen LogP contribution in [0.1, 0.15) is 31.2 Å². The molecule has 0 aromatic heterocycles. The average molecular weight is 289 g/mol. The van der Waals surface area contributed by atoms with Crippen molar-refractivity contribution in [3.63, 3.8) is 0 Å². The lowest BCUT2D eigenvalue weighted by molar-refractivity contribution is -0.139. The molecule has 0 radical (unpaired) electrons. The molecule has 112 valence electrons. The van der Waals surface area contributed by atoms with Gasteiger partial charge in [-0.25, -0.2) is 9.59 Å². The Hall–Kier alpha value is -2.04. The molecule has 3 rings (SSSR count). The molecule has 1 saturated heterocycles. The van der Waals surface area contributed by atoms with Gasteiger partial charge >= 0.3 is 12.1 Å². The van der Waals surface area contributed by atoms with E-state index in [9.17, 15) is 9.59 Å². The molecule has 1 unspecified atom stereocenters. The number of cyclic esters (lactones) is 1. The minimum absolute atomic E-state index is 0.00381. The number of carbonyl (C=O) groups is 2. The van der Waals surface area contributed by atoms with Crippen LogP contribution >= 0.6 is 0 Å². The molecular formula is C16H19NO4. The van der Waals surface area contributed by atoms with Gasteiger partial charge in [-0.3, -0.25) is 4.90 Å². The summed E-state index contributed by atoms with van der Waals surface area (Å²) in [4.78, 5) is 25.3. The van der Waals surface area contributed by atoms with Crippen molar-refractivity contribution in [2.45, 2.75) is 38.3 Å². The molecule has 1 heterocycles. The Bertz CT molecular complexity index is 512. The van der Waals surface area contributed by atoms with Gasteiger partial charge < -0.3 is 9.47 Å². The summed E-state index contributed by atoms with van der Waals surface area (Å²) in [6, 6.07) is 9.01.